The quantitative estimate of drug-likeness (QED) is 0.484. The van der Waals surface area contributed by atoms with Crippen LogP contribution in [0.1, 0.15) is 57.8 Å². The molecule has 0 radical (unpaired) electrons. The van der Waals surface area contributed by atoms with Crippen LogP contribution in [0.5, 0.6) is 0 Å². The Kier molecular flexibility index (Phi) is 6.84. The Bertz CT molecular complexity index is 918. The van der Waals surface area contributed by atoms with E-state index in [-0.39, 0.29) is 12.0 Å². The largest absolute Gasteiger partial charge is 0.393 e. The van der Waals surface area contributed by atoms with Crippen LogP contribution in [0, 0.1) is 11.8 Å². The molecule has 3 aliphatic heterocycles. The number of nitrogens with one attached hydrogen (secondary N) is 3. The van der Waals surface area contributed by atoms with Gasteiger partial charge in [0.15, 0.2) is 0 Å². The third-order valence-electron chi connectivity index (χ3n) is 9.21. The monoisotopic (exact) mass is 480 g/mol. The number of allylic oxidation sites excluding steroid dienone is 5. The number of hydrogen-bond donors (Lipinski definition) is 4. The topological polar surface area (TPSA) is 85.9 Å². The van der Waals surface area contributed by atoms with Gasteiger partial charge in [-0.05, 0) is 69.8 Å². The molecule has 7 heteroatoms. The van der Waals surface area contributed by atoms with Crippen molar-refractivity contribution in [2.75, 3.05) is 19.8 Å². The van der Waals surface area contributed by atoms with Gasteiger partial charge < -0.3 is 20.6 Å². The number of aliphatic hydroxyl groups is 1. The molecule has 0 aromatic carbocycles. The van der Waals surface area contributed by atoms with E-state index in [0.29, 0.717) is 42.5 Å². The Labute approximate surface area is 208 Å². The summed E-state index contributed by atoms with van der Waals surface area (Å²) in [7, 11) is 0. The number of piperidine rings is 1. The van der Waals surface area contributed by atoms with Crippen molar-refractivity contribution >= 4 is 5.91 Å². The zero-order chi connectivity index (χ0) is 23.8. The second-order valence-electron chi connectivity index (χ2n) is 11.4. The second kappa shape index (κ2) is 10.2. The third-order valence-corrected chi connectivity index (χ3v) is 9.21. The van der Waals surface area contributed by atoms with E-state index in [2.05, 4.69) is 45.4 Å². The van der Waals surface area contributed by atoms with Crippen molar-refractivity contribution in [2.45, 2.75) is 88.1 Å². The summed E-state index contributed by atoms with van der Waals surface area (Å²) in [4.78, 5) is 15.6. The summed E-state index contributed by atoms with van der Waals surface area (Å²) in [6.07, 6.45) is 19.8. The second-order valence-corrected chi connectivity index (χ2v) is 11.4. The third kappa shape index (κ3) is 4.88. The summed E-state index contributed by atoms with van der Waals surface area (Å²) in [6.45, 7) is 2.18. The molecule has 4 N–H and O–H groups in total. The lowest BCUT2D eigenvalue weighted by Crippen LogP contribution is -2.62. The van der Waals surface area contributed by atoms with Gasteiger partial charge in [0.1, 0.15) is 0 Å². The first kappa shape index (κ1) is 23.5. The molecule has 4 atom stereocenters. The molecule has 190 valence electrons. The number of amides is 1. The van der Waals surface area contributed by atoms with Gasteiger partial charge in [0.25, 0.3) is 0 Å². The fourth-order valence-electron chi connectivity index (χ4n) is 7.44. The predicted molar refractivity (Wildman–Crippen MR) is 135 cm³/mol. The minimum absolute atomic E-state index is 0.0751. The zero-order valence-corrected chi connectivity index (χ0v) is 20.6. The molecule has 2 bridgehead atoms. The highest BCUT2D eigenvalue weighted by molar-refractivity contribution is 5.94. The number of hydrazine groups is 1. The van der Waals surface area contributed by atoms with Crippen molar-refractivity contribution in [2.24, 2.45) is 11.8 Å². The van der Waals surface area contributed by atoms with E-state index in [9.17, 15) is 9.90 Å². The molecule has 1 saturated carbocycles. The van der Waals surface area contributed by atoms with Crippen LogP contribution in [0.3, 0.4) is 0 Å². The lowest BCUT2D eigenvalue weighted by atomic mass is 9.73. The Morgan fingerprint density at radius 3 is 2.63 bits per heavy atom. The smallest absolute Gasteiger partial charge is 0.247 e. The van der Waals surface area contributed by atoms with E-state index in [1.54, 1.807) is 0 Å². The Balaban J connectivity index is 1.04. The van der Waals surface area contributed by atoms with Gasteiger partial charge in [-0.15, -0.1) is 0 Å². The number of ether oxygens (including phenoxy) is 1. The van der Waals surface area contributed by atoms with Crippen LogP contribution in [-0.4, -0.2) is 65.9 Å². The summed E-state index contributed by atoms with van der Waals surface area (Å²) in [5, 5.41) is 13.4. The molecular weight excluding hydrogens is 440 g/mol. The van der Waals surface area contributed by atoms with Gasteiger partial charge in [-0.2, -0.15) is 0 Å². The first-order valence-electron chi connectivity index (χ1n) is 13.7. The van der Waals surface area contributed by atoms with Crippen LogP contribution in [-0.2, 0) is 9.53 Å². The highest BCUT2D eigenvalue weighted by atomic mass is 16.5. The fourth-order valence-corrected chi connectivity index (χ4v) is 7.44. The number of carbonyl (C=O) groups is 1. The van der Waals surface area contributed by atoms with Crippen LogP contribution >= 0.6 is 0 Å². The van der Waals surface area contributed by atoms with Gasteiger partial charge in [-0.3, -0.25) is 9.69 Å². The van der Waals surface area contributed by atoms with Gasteiger partial charge in [-0.1, -0.05) is 29.9 Å². The van der Waals surface area contributed by atoms with Crippen LogP contribution in [0.4, 0.5) is 0 Å². The SMILES string of the molecule is O=C(NCC1=CC=CCC1)C1=CC=C2NNC(C3CCC(N4C5COCC4CC(O)C5)CC3)C2C1. The van der Waals surface area contributed by atoms with Crippen molar-refractivity contribution in [3.8, 4) is 0 Å². The van der Waals surface area contributed by atoms with Gasteiger partial charge in [0.2, 0.25) is 5.91 Å². The van der Waals surface area contributed by atoms with E-state index in [4.69, 9.17) is 4.74 Å². The van der Waals surface area contributed by atoms with Crippen LogP contribution in [0.25, 0.3) is 0 Å². The molecule has 3 aliphatic carbocycles. The molecule has 7 nitrogen and oxygen atoms in total. The molecule has 4 unspecified atom stereocenters. The summed E-state index contributed by atoms with van der Waals surface area (Å²) >= 11 is 0. The minimum Gasteiger partial charge on any atom is -0.393 e. The molecule has 3 heterocycles. The van der Waals surface area contributed by atoms with Crippen molar-refractivity contribution < 1.29 is 14.6 Å². The minimum atomic E-state index is -0.164. The molecule has 0 spiro atoms. The number of hydrogen-bond acceptors (Lipinski definition) is 6. The maximum absolute atomic E-state index is 12.9. The van der Waals surface area contributed by atoms with Crippen molar-refractivity contribution in [1.29, 1.82) is 0 Å². The molecule has 0 aromatic heterocycles. The van der Waals surface area contributed by atoms with E-state index < -0.39 is 0 Å². The van der Waals surface area contributed by atoms with Crippen molar-refractivity contribution in [3.63, 3.8) is 0 Å². The summed E-state index contributed by atoms with van der Waals surface area (Å²) in [6, 6.07) is 1.74. The average Bonchev–Trinajstić information content (AvgIpc) is 3.31. The van der Waals surface area contributed by atoms with Gasteiger partial charge in [0, 0.05) is 47.9 Å². The number of aliphatic hydroxyl groups excluding tert-OH is 1. The molecular formula is C28H40N4O3. The van der Waals surface area contributed by atoms with E-state index in [0.717, 1.165) is 50.9 Å². The molecule has 4 fully saturated rings. The number of fused-ring (bicyclic) bond motifs is 3. The zero-order valence-electron chi connectivity index (χ0n) is 20.6. The molecule has 6 rings (SSSR count). The highest BCUT2D eigenvalue weighted by Gasteiger charge is 2.45. The predicted octanol–water partition coefficient (Wildman–Crippen LogP) is 2.47. The van der Waals surface area contributed by atoms with E-state index in [1.807, 2.05) is 6.08 Å². The molecule has 3 saturated heterocycles. The lowest BCUT2D eigenvalue weighted by molar-refractivity contribution is -0.128. The van der Waals surface area contributed by atoms with E-state index in [1.165, 1.54) is 37.0 Å². The van der Waals surface area contributed by atoms with Crippen molar-refractivity contribution in [3.05, 3.63) is 47.2 Å². The van der Waals surface area contributed by atoms with Crippen molar-refractivity contribution in [1.82, 2.24) is 21.1 Å². The highest BCUT2D eigenvalue weighted by Crippen LogP contribution is 2.41. The molecule has 6 aliphatic rings. The fraction of sp³-hybridized carbons (Fsp3) is 0.679. The van der Waals surface area contributed by atoms with Gasteiger partial charge in [0.05, 0.1) is 19.3 Å². The first-order valence-corrected chi connectivity index (χ1v) is 13.7. The first-order chi connectivity index (χ1) is 17.2. The van der Waals surface area contributed by atoms with Crippen LogP contribution in [0.2, 0.25) is 0 Å². The van der Waals surface area contributed by atoms with Gasteiger partial charge >= 0.3 is 0 Å². The maximum Gasteiger partial charge on any atom is 0.247 e. The molecule has 35 heavy (non-hydrogen) atoms. The standard InChI is InChI=1S/C28H40N4O3/c33-24-13-22-16-35-17-23(14-24)32(22)21-9-6-19(7-10-21)27-25-12-20(8-11-26(25)30-31-27)28(34)29-15-18-4-2-1-3-5-18/h1-2,4,8,11,19,21-25,27,30-31,33H,3,5-7,9-10,12-17H2,(H,29,34). The van der Waals surface area contributed by atoms with Crippen LogP contribution in [0.15, 0.2) is 47.2 Å². The Hall–Kier alpha value is -1.93. The van der Waals surface area contributed by atoms with Crippen LogP contribution < -0.4 is 16.2 Å². The molecule has 1 amide bonds. The Morgan fingerprint density at radius 1 is 1.09 bits per heavy atom. The van der Waals surface area contributed by atoms with Gasteiger partial charge in [-0.25, -0.2) is 5.43 Å². The number of rotatable bonds is 5. The normalized spacial score (nSPS) is 39.1. The summed E-state index contributed by atoms with van der Waals surface area (Å²) in [5.41, 5.74) is 10.4. The number of morpholine rings is 1. The lowest BCUT2D eigenvalue weighted by Gasteiger charge is -2.52. The summed E-state index contributed by atoms with van der Waals surface area (Å²) in [5.74, 6) is 1.03. The Morgan fingerprint density at radius 2 is 1.89 bits per heavy atom. The molecule has 0 aromatic rings. The van der Waals surface area contributed by atoms with E-state index >= 15 is 0 Å². The number of nitrogens with zero attached hydrogens (tertiary/aromatic N) is 1. The average molecular weight is 481 g/mol. The summed E-state index contributed by atoms with van der Waals surface area (Å²) < 4.78 is 5.83. The maximum atomic E-state index is 12.9. The number of carbonyl (C=O) groups excluding carboxylic acids is 1.